The van der Waals surface area contributed by atoms with Crippen LogP contribution in [0.4, 0.5) is 14.5 Å². The standard InChI is InChI=1S/C34H29Cl2F2N5O2/c1-3-30(44)42-10-9-28-29(42)16-43(28)33-23-12-25(35)22(21-6-4-5-18-7-8-26(38)32(36)31(18)21)13-27(23)40-34(24(33)14-39)45-17-20-11-19(37)15-41(20)2/h3-8,12-13,19-20,28-29H,1,9-11,15-17H2,2H3/t19-,20+,28-,29-/m1/s1. The Morgan fingerprint density at radius 2 is 2.02 bits per heavy atom. The molecule has 230 valence electrons. The first-order valence-electron chi connectivity index (χ1n) is 14.8. The van der Waals surface area contributed by atoms with Gasteiger partial charge in [-0.15, -0.1) is 0 Å². The Morgan fingerprint density at radius 3 is 2.76 bits per heavy atom. The largest absolute Gasteiger partial charge is 0.475 e. The van der Waals surface area contributed by atoms with Crippen molar-refractivity contribution < 1.29 is 18.3 Å². The lowest BCUT2D eigenvalue weighted by Crippen LogP contribution is -2.63. The van der Waals surface area contributed by atoms with Crippen molar-refractivity contribution in [2.24, 2.45) is 0 Å². The number of pyridine rings is 1. The number of fused-ring (bicyclic) bond motifs is 3. The molecule has 45 heavy (non-hydrogen) atoms. The molecule has 0 aliphatic carbocycles. The van der Waals surface area contributed by atoms with Crippen molar-refractivity contribution >= 4 is 56.5 Å². The number of likely N-dealkylation sites (tertiary alicyclic amines) is 2. The number of hydrogen-bond acceptors (Lipinski definition) is 6. The maximum Gasteiger partial charge on any atom is 0.246 e. The molecular weight excluding hydrogens is 619 g/mol. The molecule has 0 saturated carbocycles. The quantitative estimate of drug-likeness (QED) is 0.215. The molecule has 7 rings (SSSR count). The summed E-state index contributed by atoms with van der Waals surface area (Å²) in [5, 5.41) is 12.8. The smallest absolute Gasteiger partial charge is 0.246 e. The van der Waals surface area contributed by atoms with Crippen molar-refractivity contribution in [2.75, 3.05) is 38.2 Å². The van der Waals surface area contributed by atoms with E-state index in [9.17, 15) is 18.8 Å². The predicted molar refractivity (Wildman–Crippen MR) is 172 cm³/mol. The monoisotopic (exact) mass is 647 g/mol. The Labute approximate surface area is 269 Å². The lowest BCUT2D eigenvalue weighted by atomic mass is 9.92. The fraction of sp³-hybridized carbons (Fsp3) is 0.324. The Hall–Kier alpha value is -3.97. The minimum absolute atomic E-state index is 0.00454. The van der Waals surface area contributed by atoms with Crippen LogP contribution >= 0.6 is 23.2 Å². The Morgan fingerprint density at radius 1 is 1.20 bits per heavy atom. The molecule has 1 aromatic heterocycles. The molecule has 3 aliphatic heterocycles. The molecule has 1 amide bonds. The molecular formula is C34H29Cl2F2N5O2. The summed E-state index contributed by atoms with van der Waals surface area (Å²) in [6.07, 6.45) is 1.45. The minimum Gasteiger partial charge on any atom is -0.475 e. The third kappa shape index (κ3) is 4.87. The predicted octanol–water partition coefficient (Wildman–Crippen LogP) is 6.77. The second-order valence-corrected chi connectivity index (χ2v) is 12.7. The summed E-state index contributed by atoms with van der Waals surface area (Å²) in [6.45, 7) is 5.23. The number of anilines is 1. The zero-order chi connectivity index (χ0) is 31.6. The van der Waals surface area contributed by atoms with Crippen LogP contribution in [-0.4, -0.2) is 78.3 Å². The number of aromatic nitrogens is 1. The lowest BCUT2D eigenvalue weighted by molar-refractivity contribution is -0.127. The fourth-order valence-electron chi connectivity index (χ4n) is 7.14. The van der Waals surface area contributed by atoms with E-state index in [-0.39, 0.29) is 47.1 Å². The van der Waals surface area contributed by atoms with Gasteiger partial charge in [-0.1, -0.05) is 54.0 Å². The summed E-state index contributed by atoms with van der Waals surface area (Å²) in [6, 6.07) is 14.3. The maximum atomic E-state index is 14.6. The number of carbonyl (C=O) groups is 1. The number of likely N-dealkylation sites (N-methyl/N-ethyl adjacent to an activating group) is 1. The second kappa shape index (κ2) is 11.4. The Balaban J connectivity index is 1.38. The first-order valence-corrected chi connectivity index (χ1v) is 15.6. The average molecular weight is 649 g/mol. The molecule has 3 aromatic carbocycles. The van der Waals surface area contributed by atoms with Crippen LogP contribution in [-0.2, 0) is 4.79 Å². The van der Waals surface area contributed by atoms with E-state index in [2.05, 4.69) is 17.5 Å². The molecule has 0 bridgehead atoms. The number of rotatable bonds is 6. The third-order valence-electron chi connectivity index (χ3n) is 9.44. The molecule has 4 aromatic rings. The summed E-state index contributed by atoms with van der Waals surface area (Å²) < 4.78 is 34.9. The summed E-state index contributed by atoms with van der Waals surface area (Å²) >= 11 is 13.4. The van der Waals surface area contributed by atoms with E-state index in [4.69, 9.17) is 32.9 Å². The van der Waals surface area contributed by atoms with Gasteiger partial charge < -0.3 is 14.5 Å². The van der Waals surface area contributed by atoms with Gasteiger partial charge in [0.1, 0.15) is 30.2 Å². The highest BCUT2D eigenvalue weighted by molar-refractivity contribution is 6.38. The van der Waals surface area contributed by atoms with Crippen LogP contribution in [0.25, 0.3) is 32.8 Å². The highest BCUT2D eigenvalue weighted by atomic mass is 35.5. The number of nitriles is 1. The molecule has 3 saturated heterocycles. The van der Waals surface area contributed by atoms with E-state index in [0.29, 0.717) is 64.2 Å². The molecule has 0 unspecified atom stereocenters. The topological polar surface area (TPSA) is 72.7 Å². The molecule has 11 heteroatoms. The van der Waals surface area contributed by atoms with Crippen LogP contribution in [0.5, 0.6) is 5.88 Å². The van der Waals surface area contributed by atoms with Gasteiger partial charge in [-0.3, -0.25) is 9.69 Å². The van der Waals surface area contributed by atoms with Crippen LogP contribution in [0.15, 0.2) is 55.1 Å². The van der Waals surface area contributed by atoms with Crippen molar-refractivity contribution in [1.29, 1.82) is 5.26 Å². The zero-order valence-corrected chi connectivity index (χ0v) is 26.0. The third-order valence-corrected chi connectivity index (χ3v) is 10.1. The summed E-state index contributed by atoms with van der Waals surface area (Å²) in [5.74, 6) is -0.508. The first kappa shape index (κ1) is 29.7. The van der Waals surface area contributed by atoms with E-state index >= 15 is 0 Å². The van der Waals surface area contributed by atoms with E-state index in [1.165, 1.54) is 12.1 Å². The summed E-state index contributed by atoms with van der Waals surface area (Å²) in [7, 11) is 1.85. The van der Waals surface area contributed by atoms with Crippen LogP contribution in [0.1, 0.15) is 18.4 Å². The Bertz CT molecular complexity index is 1930. The Kier molecular flexibility index (Phi) is 7.55. The van der Waals surface area contributed by atoms with Crippen LogP contribution in [0.3, 0.4) is 0 Å². The summed E-state index contributed by atoms with van der Waals surface area (Å²) in [5.41, 5.74) is 2.64. The number of amides is 1. The molecule has 4 heterocycles. The number of benzene rings is 3. The van der Waals surface area contributed by atoms with Gasteiger partial charge in [0.25, 0.3) is 0 Å². The highest BCUT2D eigenvalue weighted by Gasteiger charge is 2.49. The van der Waals surface area contributed by atoms with Gasteiger partial charge >= 0.3 is 0 Å². The van der Waals surface area contributed by atoms with Gasteiger partial charge in [0.2, 0.25) is 11.8 Å². The molecule has 4 atom stereocenters. The van der Waals surface area contributed by atoms with Crippen LogP contribution < -0.4 is 9.64 Å². The number of hydrogen-bond donors (Lipinski definition) is 0. The van der Waals surface area contributed by atoms with E-state index in [1.54, 1.807) is 12.1 Å². The highest BCUT2D eigenvalue weighted by Crippen LogP contribution is 2.46. The number of halogens is 4. The number of nitrogens with zero attached hydrogens (tertiary/aromatic N) is 5. The maximum absolute atomic E-state index is 14.6. The van der Waals surface area contributed by atoms with Gasteiger partial charge in [-0.2, -0.15) is 5.26 Å². The van der Waals surface area contributed by atoms with Crippen molar-refractivity contribution in [3.05, 3.63) is 76.5 Å². The zero-order valence-electron chi connectivity index (χ0n) is 24.4. The molecule has 0 radical (unpaired) electrons. The van der Waals surface area contributed by atoms with Crippen LogP contribution in [0, 0.1) is 17.1 Å². The van der Waals surface area contributed by atoms with E-state index < -0.39 is 12.0 Å². The van der Waals surface area contributed by atoms with E-state index in [1.807, 2.05) is 41.1 Å². The summed E-state index contributed by atoms with van der Waals surface area (Å²) in [4.78, 5) is 23.1. The SMILES string of the molecule is C=CC(=O)N1CC[C@@H]2[C@H]1CN2c1c(C#N)c(OC[C@@H]2C[C@@H](F)CN2C)nc2cc(-c3cccc4ccc(F)c(Cl)c34)c(Cl)cc12. The van der Waals surface area contributed by atoms with Crippen molar-refractivity contribution in [3.63, 3.8) is 0 Å². The van der Waals surface area contributed by atoms with Crippen molar-refractivity contribution in [3.8, 4) is 23.1 Å². The molecule has 0 spiro atoms. The number of carbonyl (C=O) groups excluding carboxylic acids is 1. The van der Waals surface area contributed by atoms with Crippen LogP contribution in [0.2, 0.25) is 10.0 Å². The van der Waals surface area contributed by atoms with Gasteiger partial charge in [-0.05, 0) is 55.1 Å². The number of alkyl halides is 1. The molecule has 3 aliphatic rings. The minimum atomic E-state index is -0.942. The van der Waals surface area contributed by atoms with Crippen molar-refractivity contribution in [1.82, 2.24) is 14.8 Å². The normalized spacial score (nSPS) is 22.8. The van der Waals surface area contributed by atoms with Gasteiger partial charge in [-0.25, -0.2) is 13.8 Å². The number of ether oxygens (including phenoxy) is 1. The van der Waals surface area contributed by atoms with Gasteiger partial charge in [0.15, 0.2) is 0 Å². The molecule has 0 N–H and O–H groups in total. The second-order valence-electron chi connectivity index (χ2n) is 11.9. The van der Waals surface area contributed by atoms with E-state index in [0.717, 1.165) is 11.8 Å². The fourth-order valence-corrected chi connectivity index (χ4v) is 7.68. The first-order chi connectivity index (χ1) is 21.7. The molecule has 7 nitrogen and oxygen atoms in total. The average Bonchev–Trinajstić information content (AvgIpc) is 3.53. The molecule has 3 fully saturated rings. The van der Waals surface area contributed by atoms with Crippen molar-refractivity contribution in [2.45, 2.75) is 37.1 Å². The van der Waals surface area contributed by atoms with Gasteiger partial charge in [0, 0.05) is 47.0 Å². The lowest BCUT2D eigenvalue weighted by Gasteiger charge is -2.48. The van der Waals surface area contributed by atoms with Gasteiger partial charge in [0.05, 0.1) is 28.3 Å².